The van der Waals surface area contributed by atoms with Crippen molar-refractivity contribution in [1.82, 2.24) is 15.6 Å². The monoisotopic (exact) mass is 310 g/mol. The van der Waals surface area contributed by atoms with E-state index in [-0.39, 0.29) is 0 Å². The molecule has 1 aliphatic heterocycles. The molecule has 0 aliphatic carbocycles. The number of hydrogen-bond donors (Lipinski definition) is 2. The van der Waals surface area contributed by atoms with E-state index in [4.69, 9.17) is 4.74 Å². The molecule has 1 unspecified atom stereocenters. The Balaban J connectivity index is 1.77. The molecule has 0 radical (unpaired) electrons. The molecule has 1 aromatic rings. The first-order valence-electron chi connectivity index (χ1n) is 7.75. The van der Waals surface area contributed by atoms with E-state index in [1.165, 1.54) is 9.88 Å². The number of ether oxygens (including phenoxy) is 1. The van der Waals surface area contributed by atoms with E-state index in [2.05, 4.69) is 41.4 Å². The van der Waals surface area contributed by atoms with Crippen LogP contribution in [0.3, 0.4) is 0 Å². The molecule has 1 atom stereocenters. The van der Waals surface area contributed by atoms with Gasteiger partial charge in [0, 0.05) is 31.0 Å². The quantitative estimate of drug-likeness (QED) is 0.623. The van der Waals surface area contributed by atoms with Crippen LogP contribution in [0.2, 0.25) is 0 Å². The summed E-state index contributed by atoms with van der Waals surface area (Å²) in [6.07, 6.45) is 3.52. The maximum Gasteiger partial charge on any atom is 0.191 e. The molecule has 2 rings (SSSR count). The van der Waals surface area contributed by atoms with Gasteiger partial charge < -0.3 is 15.4 Å². The summed E-state index contributed by atoms with van der Waals surface area (Å²) in [7, 11) is 0. The van der Waals surface area contributed by atoms with E-state index in [0.29, 0.717) is 6.10 Å². The molecule has 5 nitrogen and oxygen atoms in total. The molecule has 2 N–H and O–H groups in total. The van der Waals surface area contributed by atoms with Gasteiger partial charge in [-0.05, 0) is 33.6 Å². The Bertz CT molecular complexity index is 447. The zero-order valence-corrected chi connectivity index (χ0v) is 14.1. The minimum absolute atomic E-state index is 0.296. The number of nitrogens with one attached hydrogen (secondary N) is 2. The average Bonchev–Trinajstić information content (AvgIpc) is 3.07. The number of thiazole rings is 1. The average molecular weight is 310 g/mol. The van der Waals surface area contributed by atoms with Crippen LogP contribution in [0.15, 0.2) is 4.99 Å². The van der Waals surface area contributed by atoms with E-state index in [9.17, 15) is 0 Å². The smallest absolute Gasteiger partial charge is 0.191 e. The second-order valence-corrected chi connectivity index (χ2v) is 6.57. The maximum atomic E-state index is 5.60. The first kappa shape index (κ1) is 16.2. The van der Waals surface area contributed by atoms with E-state index in [1.807, 2.05) is 0 Å². The molecule has 6 heteroatoms. The van der Waals surface area contributed by atoms with Crippen LogP contribution < -0.4 is 10.6 Å². The van der Waals surface area contributed by atoms with E-state index >= 15 is 0 Å². The Hall–Kier alpha value is -1.14. The predicted molar refractivity (Wildman–Crippen MR) is 88.2 cm³/mol. The lowest BCUT2D eigenvalue weighted by molar-refractivity contribution is 0.117. The summed E-state index contributed by atoms with van der Waals surface area (Å²) in [6, 6.07) is 0. The number of hydrogen-bond acceptors (Lipinski definition) is 4. The Labute approximate surface area is 131 Å². The van der Waals surface area contributed by atoms with Crippen LogP contribution in [0.4, 0.5) is 0 Å². The molecule has 0 saturated carbocycles. The van der Waals surface area contributed by atoms with Crippen molar-refractivity contribution in [3.63, 3.8) is 0 Å². The highest BCUT2D eigenvalue weighted by Crippen LogP contribution is 2.16. The molecule has 2 heterocycles. The van der Waals surface area contributed by atoms with Crippen molar-refractivity contribution in [2.75, 3.05) is 26.2 Å². The molecule has 0 aromatic carbocycles. The van der Waals surface area contributed by atoms with Gasteiger partial charge in [0.15, 0.2) is 5.96 Å². The highest BCUT2D eigenvalue weighted by molar-refractivity contribution is 7.11. The van der Waals surface area contributed by atoms with Crippen molar-refractivity contribution in [1.29, 1.82) is 0 Å². The van der Waals surface area contributed by atoms with Gasteiger partial charge in [0.25, 0.3) is 0 Å². The standard InChI is InChI=1S/C15H26N4OS/c1-4-16-15(18-10-13-6-5-9-20-13)17-8-7-14-19-11(2)12(3)21-14/h13H,4-10H2,1-3H3,(H2,16,17,18). The molecule has 118 valence electrons. The Morgan fingerprint density at radius 2 is 2.29 bits per heavy atom. The van der Waals surface area contributed by atoms with Crippen molar-refractivity contribution in [3.05, 3.63) is 15.6 Å². The largest absolute Gasteiger partial charge is 0.376 e. The Kier molecular flexibility index (Phi) is 6.45. The molecule has 0 spiro atoms. The number of nitrogens with zero attached hydrogens (tertiary/aromatic N) is 2. The Morgan fingerprint density at radius 1 is 1.43 bits per heavy atom. The minimum Gasteiger partial charge on any atom is -0.376 e. The van der Waals surface area contributed by atoms with Gasteiger partial charge in [-0.15, -0.1) is 11.3 Å². The van der Waals surface area contributed by atoms with Gasteiger partial charge in [0.2, 0.25) is 0 Å². The lowest BCUT2D eigenvalue weighted by atomic mass is 10.2. The second kappa shape index (κ2) is 8.34. The highest BCUT2D eigenvalue weighted by atomic mass is 32.1. The zero-order chi connectivity index (χ0) is 15.1. The maximum absolute atomic E-state index is 5.60. The molecular formula is C15H26N4OS. The fourth-order valence-electron chi connectivity index (χ4n) is 2.26. The summed E-state index contributed by atoms with van der Waals surface area (Å²) in [5.41, 5.74) is 1.15. The lowest BCUT2D eigenvalue weighted by Crippen LogP contribution is -2.38. The third-order valence-electron chi connectivity index (χ3n) is 3.53. The fraction of sp³-hybridized carbons (Fsp3) is 0.733. The number of aromatic nitrogens is 1. The van der Waals surface area contributed by atoms with Crippen molar-refractivity contribution in [3.8, 4) is 0 Å². The van der Waals surface area contributed by atoms with Crippen LogP contribution in [0, 0.1) is 13.8 Å². The number of rotatable bonds is 6. The van der Waals surface area contributed by atoms with E-state index in [1.54, 1.807) is 11.3 Å². The van der Waals surface area contributed by atoms with Gasteiger partial charge in [0.1, 0.15) is 0 Å². The minimum atomic E-state index is 0.296. The third-order valence-corrected chi connectivity index (χ3v) is 4.66. The highest BCUT2D eigenvalue weighted by Gasteiger charge is 2.14. The lowest BCUT2D eigenvalue weighted by Gasteiger charge is -2.12. The number of aliphatic imine (C=N–C) groups is 1. The van der Waals surface area contributed by atoms with Crippen LogP contribution >= 0.6 is 11.3 Å². The third kappa shape index (κ3) is 5.28. The van der Waals surface area contributed by atoms with Crippen LogP contribution in [-0.2, 0) is 11.2 Å². The van der Waals surface area contributed by atoms with E-state index < -0.39 is 0 Å². The Morgan fingerprint density at radius 3 is 2.90 bits per heavy atom. The van der Waals surface area contributed by atoms with Gasteiger partial charge in [0.05, 0.1) is 23.4 Å². The molecular weight excluding hydrogens is 284 g/mol. The molecule has 0 amide bonds. The van der Waals surface area contributed by atoms with Crippen molar-refractivity contribution in [2.24, 2.45) is 4.99 Å². The van der Waals surface area contributed by atoms with Gasteiger partial charge in [-0.1, -0.05) is 0 Å². The predicted octanol–water partition coefficient (Wildman–Crippen LogP) is 2.04. The van der Waals surface area contributed by atoms with Crippen LogP contribution in [0.25, 0.3) is 0 Å². The first-order valence-corrected chi connectivity index (χ1v) is 8.57. The van der Waals surface area contributed by atoms with Crippen LogP contribution in [-0.4, -0.2) is 43.3 Å². The van der Waals surface area contributed by atoms with Gasteiger partial charge in [-0.25, -0.2) is 4.98 Å². The summed E-state index contributed by atoms with van der Waals surface area (Å²) in [4.78, 5) is 10.5. The van der Waals surface area contributed by atoms with Gasteiger partial charge in [-0.3, -0.25) is 4.99 Å². The topological polar surface area (TPSA) is 58.5 Å². The van der Waals surface area contributed by atoms with E-state index in [0.717, 1.165) is 57.2 Å². The van der Waals surface area contributed by atoms with Crippen LogP contribution in [0.5, 0.6) is 0 Å². The molecule has 21 heavy (non-hydrogen) atoms. The summed E-state index contributed by atoms with van der Waals surface area (Å²) >= 11 is 1.78. The van der Waals surface area contributed by atoms with Crippen molar-refractivity contribution in [2.45, 2.75) is 46.1 Å². The zero-order valence-electron chi connectivity index (χ0n) is 13.2. The summed E-state index contributed by atoms with van der Waals surface area (Å²) in [6.45, 7) is 9.61. The number of aryl methyl sites for hydroxylation is 2. The SMILES string of the molecule is CCNC(=NCC1CCCO1)NCCc1nc(C)c(C)s1. The van der Waals surface area contributed by atoms with Gasteiger partial charge in [-0.2, -0.15) is 0 Å². The number of guanidine groups is 1. The van der Waals surface area contributed by atoms with Crippen LogP contribution in [0.1, 0.15) is 35.3 Å². The molecule has 1 aromatic heterocycles. The van der Waals surface area contributed by atoms with Gasteiger partial charge >= 0.3 is 0 Å². The summed E-state index contributed by atoms with van der Waals surface area (Å²) in [5, 5.41) is 7.84. The van der Waals surface area contributed by atoms with Crippen molar-refractivity contribution < 1.29 is 4.74 Å². The second-order valence-electron chi connectivity index (χ2n) is 5.28. The first-order chi connectivity index (χ1) is 10.2. The van der Waals surface area contributed by atoms with Crippen molar-refractivity contribution >= 4 is 17.3 Å². The fourth-order valence-corrected chi connectivity index (χ4v) is 3.19. The molecule has 1 aliphatic rings. The summed E-state index contributed by atoms with van der Waals surface area (Å²) < 4.78 is 5.60. The molecule has 1 fully saturated rings. The molecule has 1 saturated heterocycles. The normalized spacial score (nSPS) is 19.0. The molecule has 0 bridgehead atoms. The summed E-state index contributed by atoms with van der Waals surface area (Å²) in [5.74, 6) is 0.873.